The van der Waals surface area contributed by atoms with Crippen molar-refractivity contribution in [3.63, 3.8) is 0 Å². The van der Waals surface area contributed by atoms with Crippen LogP contribution in [0.5, 0.6) is 0 Å². The van der Waals surface area contributed by atoms with Crippen molar-refractivity contribution in [3.05, 3.63) is 77.8 Å². The number of halogens is 3. The van der Waals surface area contributed by atoms with Crippen LogP contribution in [0.25, 0.3) is 11.3 Å². The molecule has 45 heavy (non-hydrogen) atoms. The number of β-amino-alcohol motifs (C(OH)–C–C–N with tert-alkyl or cyclic N) is 2. The van der Waals surface area contributed by atoms with E-state index in [9.17, 15) is 19.4 Å². The summed E-state index contributed by atoms with van der Waals surface area (Å²) in [6.45, 7) is 1.95. The zero-order valence-corrected chi connectivity index (χ0v) is 25.3. The van der Waals surface area contributed by atoms with Gasteiger partial charge in [-0.15, -0.1) is 0 Å². The first-order valence-electron chi connectivity index (χ1n) is 15.6. The van der Waals surface area contributed by atoms with Crippen LogP contribution in [-0.2, 0) is 11.3 Å². The van der Waals surface area contributed by atoms with Crippen molar-refractivity contribution in [2.24, 2.45) is 11.8 Å². The molecule has 0 unspecified atom stereocenters. The van der Waals surface area contributed by atoms with Gasteiger partial charge >= 0.3 is 6.03 Å². The molecule has 0 aliphatic carbocycles. The van der Waals surface area contributed by atoms with Gasteiger partial charge in [-0.1, -0.05) is 30.3 Å². The monoisotopic (exact) mass is 627 g/mol. The van der Waals surface area contributed by atoms with E-state index in [4.69, 9.17) is 9.72 Å². The molecule has 0 saturated carbocycles. The number of imidazole rings is 1. The number of nitrogens with zero attached hydrogens (tertiary/aromatic N) is 5. The molecule has 242 valence electrons. The normalized spacial score (nSPS) is 25.2. The van der Waals surface area contributed by atoms with Gasteiger partial charge in [0.1, 0.15) is 23.6 Å². The molecule has 0 spiro atoms. The molecule has 6 rings (SSSR count). The Morgan fingerprint density at radius 2 is 1.76 bits per heavy atom. The number of alkyl halides is 1. The molecule has 3 saturated heterocycles. The van der Waals surface area contributed by atoms with E-state index in [1.165, 1.54) is 4.90 Å². The van der Waals surface area contributed by atoms with Gasteiger partial charge in [0.25, 0.3) is 0 Å². The number of aromatic nitrogens is 2. The van der Waals surface area contributed by atoms with E-state index < -0.39 is 48.0 Å². The Kier molecular flexibility index (Phi) is 9.46. The van der Waals surface area contributed by atoms with Gasteiger partial charge in [0, 0.05) is 57.1 Å². The quantitative estimate of drug-likeness (QED) is 0.396. The molecule has 3 aromatic rings. The topological polar surface area (TPSA) is 94.3 Å². The summed E-state index contributed by atoms with van der Waals surface area (Å²) >= 11 is 0. The fourth-order valence-corrected chi connectivity index (χ4v) is 6.91. The molecule has 3 fully saturated rings. The van der Waals surface area contributed by atoms with E-state index in [0.29, 0.717) is 45.0 Å². The van der Waals surface area contributed by atoms with E-state index in [-0.39, 0.29) is 43.4 Å². The predicted octanol–water partition coefficient (Wildman–Crippen LogP) is 3.70. The third-order valence-corrected chi connectivity index (χ3v) is 9.27. The van der Waals surface area contributed by atoms with Crippen LogP contribution >= 0.6 is 0 Å². The average molecular weight is 628 g/mol. The number of likely N-dealkylation sites (tertiary alicyclic amines) is 2. The van der Waals surface area contributed by atoms with Crippen LogP contribution in [0.1, 0.15) is 30.3 Å². The zero-order chi connectivity index (χ0) is 31.7. The molecule has 1 aromatic heterocycles. The summed E-state index contributed by atoms with van der Waals surface area (Å²) < 4.78 is 52.4. The predicted molar refractivity (Wildman–Crippen MR) is 161 cm³/mol. The van der Waals surface area contributed by atoms with E-state index in [0.717, 1.165) is 23.8 Å². The van der Waals surface area contributed by atoms with Crippen LogP contribution in [0, 0.1) is 23.5 Å². The highest BCUT2D eigenvalue weighted by Crippen LogP contribution is 2.39. The molecule has 12 heteroatoms. The highest BCUT2D eigenvalue weighted by molar-refractivity contribution is 5.75. The largest absolute Gasteiger partial charge is 0.388 e. The number of aliphatic hydroxyl groups is 2. The molecule has 2 N–H and O–H groups in total. The third-order valence-electron chi connectivity index (χ3n) is 9.27. The number of amides is 2. The van der Waals surface area contributed by atoms with Crippen molar-refractivity contribution in [2.45, 2.75) is 43.8 Å². The van der Waals surface area contributed by atoms with Crippen molar-refractivity contribution in [1.82, 2.24) is 24.3 Å². The van der Waals surface area contributed by atoms with Crippen LogP contribution < -0.4 is 0 Å². The second-order valence-corrected chi connectivity index (χ2v) is 12.6. The first-order valence-corrected chi connectivity index (χ1v) is 15.6. The fourth-order valence-electron chi connectivity index (χ4n) is 6.91. The van der Waals surface area contributed by atoms with E-state index in [1.54, 1.807) is 11.1 Å². The first-order chi connectivity index (χ1) is 21.7. The van der Waals surface area contributed by atoms with Crippen molar-refractivity contribution < 1.29 is 32.9 Å². The number of aliphatic hydroxyl groups excluding tert-OH is 2. The number of rotatable bonds is 8. The Morgan fingerprint density at radius 1 is 1.04 bits per heavy atom. The van der Waals surface area contributed by atoms with Crippen LogP contribution in [0.2, 0.25) is 0 Å². The molecule has 2 aromatic carbocycles. The zero-order valence-electron chi connectivity index (χ0n) is 25.3. The summed E-state index contributed by atoms with van der Waals surface area (Å²) in [6, 6.07) is 11.7. The van der Waals surface area contributed by atoms with Gasteiger partial charge in [-0.3, -0.25) is 0 Å². The number of urea groups is 1. The van der Waals surface area contributed by atoms with Crippen molar-refractivity contribution >= 4 is 6.03 Å². The minimum Gasteiger partial charge on any atom is -0.388 e. The number of carbonyl (C=O) groups is 1. The maximum atomic E-state index is 15.4. The minimum absolute atomic E-state index is 0.00121. The van der Waals surface area contributed by atoms with Gasteiger partial charge in [0.2, 0.25) is 0 Å². The Hall–Kier alpha value is -3.45. The molecule has 4 heterocycles. The van der Waals surface area contributed by atoms with Gasteiger partial charge in [0.15, 0.2) is 0 Å². The lowest BCUT2D eigenvalue weighted by Crippen LogP contribution is -2.50. The van der Waals surface area contributed by atoms with Gasteiger partial charge in [-0.2, -0.15) is 0 Å². The lowest BCUT2D eigenvalue weighted by molar-refractivity contribution is 0.0206. The summed E-state index contributed by atoms with van der Waals surface area (Å²) in [5, 5.41) is 20.6. The molecule has 9 nitrogen and oxygen atoms in total. The molecule has 0 radical (unpaired) electrons. The maximum Gasteiger partial charge on any atom is 0.320 e. The van der Waals surface area contributed by atoms with Crippen LogP contribution in [-0.4, -0.2) is 112 Å². The lowest BCUT2D eigenvalue weighted by Gasteiger charge is -2.41. The van der Waals surface area contributed by atoms with Crippen molar-refractivity contribution in [2.75, 3.05) is 53.0 Å². The van der Waals surface area contributed by atoms with Crippen molar-refractivity contribution in [1.29, 1.82) is 0 Å². The summed E-state index contributed by atoms with van der Waals surface area (Å²) in [7, 11) is 1.84. The molecular formula is C33H40F3N5O4. The number of hydrogen-bond donors (Lipinski definition) is 2. The molecular weight excluding hydrogens is 587 g/mol. The molecule has 3 aliphatic rings. The van der Waals surface area contributed by atoms with E-state index >= 15 is 8.78 Å². The smallest absolute Gasteiger partial charge is 0.320 e. The Labute approximate surface area is 260 Å². The summed E-state index contributed by atoms with van der Waals surface area (Å²) in [6.07, 6.45) is -0.453. The van der Waals surface area contributed by atoms with Gasteiger partial charge in [-0.25, -0.2) is 22.9 Å². The Bertz CT molecular complexity index is 1460. The number of carbonyl (C=O) groups excluding carboxylic acids is 1. The highest BCUT2D eigenvalue weighted by Gasteiger charge is 2.44. The number of benzene rings is 2. The summed E-state index contributed by atoms with van der Waals surface area (Å²) in [5.41, 5.74) is 1.16. The van der Waals surface area contributed by atoms with Gasteiger partial charge in [0.05, 0.1) is 37.0 Å². The van der Waals surface area contributed by atoms with Crippen molar-refractivity contribution in [3.8, 4) is 11.3 Å². The standard InChI is InChI=1S/C33H40F3N5O4/c1-38-15-23(27(36)17-38)16-41(33(44)40-19-29(42)30(43)20-40)31(22-9-11-45-12-10-22)32-37-28(25-13-24(34)7-8-26(25)35)18-39(32)14-21-5-3-2-4-6-21/h2-8,13,18,22-23,27,29-31,42-43H,9-12,14-17,19-20H2,1H3/t23-,27-,29-,30+,31+/m0/s1. The lowest BCUT2D eigenvalue weighted by atomic mass is 9.89. The fraction of sp³-hybridized carbons (Fsp3) is 0.515. The second-order valence-electron chi connectivity index (χ2n) is 12.6. The molecule has 0 bridgehead atoms. The molecule has 5 atom stereocenters. The number of ether oxygens (including phenoxy) is 1. The molecule has 2 amide bonds. The SMILES string of the molecule is CN1C[C@@H](CN(C(=O)N2C[C@@H](O)[C@@H](O)C2)[C@@H](c2nc(-c3cc(F)ccc3F)cn2Cc2ccccc2)C2CCOCC2)[C@@H](F)C1. The third kappa shape index (κ3) is 6.89. The average Bonchev–Trinajstić information content (AvgIpc) is 3.70. The van der Waals surface area contributed by atoms with Crippen LogP contribution in [0.3, 0.4) is 0 Å². The van der Waals surface area contributed by atoms with Gasteiger partial charge in [-0.05, 0) is 49.6 Å². The van der Waals surface area contributed by atoms with E-state index in [2.05, 4.69) is 0 Å². The Balaban J connectivity index is 1.49. The second kappa shape index (κ2) is 13.5. The first kappa shape index (κ1) is 31.5. The maximum absolute atomic E-state index is 15.4. The highest BCUT2D eigenvalue weighted by atomic mass is 19.1. The van der Waals surface area contributed by atoms with Crippen LogP contribution in [0.4, 0.5) is 18.0 Å². The van der Waals surface area contributed by atoms with Crippen LogP contribution in [0.15, 0.2) is 54.7 Å². The van der Waals surface area contributed by atoms with Gasteiger partial charge < -0.3 is 34.2 Å². The Morgan fingerprint density at radius 3 is 2.42 bits per heavy atom. The number of hydrogen-bond acceptors (Lipinski definition) is 6. The minimum atomic E-state index is -1.16. The summed E-state index contributed by atoms with van der Waals surface area (Å²) in [5.74, 6) is -1.37. The summed E-state index contributed by atoms with van der Waals surface area (Å²) in [4.78, 5) is 24.3. The molecule has 3 aliphatic heterocycles. The van der Waals surface area contributed by atoms with E-state index in [1.807, 2.05) is 46.8 Å².